The molecule has 0 saturated carbocycles. The van der Waals surface area contributed by atoms with Crippen LogP contribution in [0.2, 0.25) is 10.0 Å². The highest BCUT2D eigenvalue weighted by molar-refractivity contribution is 6.36. The third-order valence-electron chi connectivity index (χ3n) is 4.39. The van der Waals surface area contributed by atoms with E-state index in [-0.39, 0.29) is 46.3 Å². The Kier molecular flexibility index (Phi) is 7.22. The normalized spacial score (nSPS) is 10.7. The number of esters is 1. The zero-order valence-corrected chi connectivity index (χ0v) is 18.9. The van der Waals surface area contributed by atoms with Crippen molar-refractivity contribution in [3.8, 4) is 23.1 Å². The second-order valence-corrected chi connectivity index (χ2v) is 7.35. The predicted octanol–water partition coefficient (Wildman–Crippen LogP) is 3.28. The Bertz CT molecular complexity index is 1290. The Morgan fingerprint density at radius 3 is 2.59 bits per heavy atom. The number of halogens is 2. The number of aromatic nitrogens is 3. The number of nitrogens with zero attached hydrogens (tertiary/aromatic N) is 3. The molecule has 168 valence electrons. The van der Waals surface area contributed by atoms with Crippen molar-refractivity contribution < 1.29 is 19.0 Å². The SMILES string of the molecule is CCOC(=O)COc1ncccc1Oc1cc(-n2c(=O)cc(C)n(C)c2=O)c(Cl)cc1Cl. The van der Waals surface area contributed by atoms with E-state index < -0.39 is 17.2 Å². The fourth-order valence-corrected chi connectivity index (χ4v) is 3.24. The van der Waals surface area contributed by atoms with Crippen LogP contribution < -0.4 is 20.7 Å². The van der Waals surface area contributed by atoms with Gasteiger partial charge < -0.3 is 18.8 Å². The first kappa shape index (κ1) is 23.4. The van der Waals surface area contributed by atoms with Crippen molar-refractivity contribution in [3.05, 3.63) is 73.1 Å². The largest absolute Gasteiger partial charge is 0.463 e. The summed E-state index contributed by atoms with van der Waals surface area (Å²) in [6, 6.07) is 7.18. The molecule has 2 aromatic heterocycles. The lowest BCUT2D eigenvalue weighted by molar-refractivity contribution is -0.145. The van der Waals surface area contributed by atoms with Gasteiger partial charge in [-0.15, -0.1) is 0 Å². The van der Waals surface area contributed by atoms with Gasteiger partial charge in [-0.25, -0.2) is 19.1 Å². The first-order chi connectivity index (χ1) is 15.2. The van der Waals surface area contributed by atoms with Gasteiger partial charge in [-0.1, -0.05) is 23.2 Å². The van der Waals surface area contributed by atoms with Crippen molar-refractivity contribution >= 4 is 29.2 Å². The molecule has 0 saturated heterocycles. The van der Waals surface area contributed by atoms with Crippen molar-refractivity contribution in [2.45, 2.75) is 13.8 Å². The van der Waals surface area contributed by atoms with Crippen LogP contribution in [0.25, 0.3) is 5.69 Å². The van der Waals surface area contributed by atoms with Crippen LogP contribution in [0, 0.1) is 6.92 Å². The third kappa shape index (κ3) is 4.95. The monoisotopic (exact) mass is 479 g/mol. The molecule has 0 unspecified atom stereocenters. The fraction of sp³-hybridized carbons (Fsp3) is 0.238. The molecule has 0 bridgehead atoms. The summed E-state index contributed by atoms with van der Waals surface area (Å²) < 4.78 is 18.3. The maximum atomic E-state index is 12.7. The van der Waals surface area contributed by atoms with Gasteiger partial charge in [-0.3, -0.25) is 4.79 Å². The molecule has 11 heteroatoms. The topological polar surface area (TPSA) is 102 Å². The van der Waals surface area contributed by atoms with Gasteiger partial charge in [0.05, 0.1) is 22.3 Å². The lowest BCUT2D eigenvalue weighted by Crippen LogP contribution is -2.38. The van der Waals surface area contributed by atoms with E-state index >= 15 is 0 Å². The maximum Gasteiger partial charge on any atom is 0.344 e. The molecule has 2 heterocycles. The van der Waals surface area contributed by atoms with Crippen molar-refractivity contribution in [2.24, 2.45) is 7.05 Å². The highest BCUT2D eigenvalue weighted by Gasteiger charge is 2.18. The lowest BCUT2D eigenvalue weighted by Gasteiger charge is -2.15. The Hall–Kier alpha value is -3.30. The molecule has 0 aliphatic carbocycles. The molecule has 0 amide bonds. The number of aryl methyl sites for hydroxylation is 1. The zero-order chi connectivity index (χ0) is 23.4. The second-order valence-electron chi connectivity index (χ2n) is 6.54. The minimum Gasteiger partial charge on any atom is -0.463 e. The summed E-state index contributed by atoms with van der Waals surface area (Å²) in [6.07, 6.45) is 1.46. The summed E-state index contributed by atoms with van der Waals surface area (Å²) in [5.74, 6) is -0.298. The second kappa shape index (κ2) is 9.88. The van der Waals surface area contributed by atoms with E-state index in [4.69, 9.17) is 37.4 Å². The number of hydrogen-bond donors (Lipinski definition) is 0. The highest BCUT2D eigenvalue weighted by Crippen LogP contribution is 2.37. The fourth-order valence-electron chi connectivity index (χ4n) is 2.74. The Balaban J connectivity index is 2.01. The van der Waals surface area contributed by atoms with Gasteiger partial charge >= 0.3 is 11.7 Å². The molecule has 32 heavy (non-hydrogen) atoms. The molecule has 1 aromatic carbocycles. The number of hydrogen-bond acceptors (Lipinski definition) is 7. The Morgan fingerprint density at radius 1 is 1.12 bits per heavy atom. The van der Waals surface area contributed by atoms with Crippen LogP contribution in [0.3, 0.4) is 0 Å². The van der Waals surface area contributed by atoms with Crippen molar-refractivity contribution in [3.63, 3.8) is 0 Å². The van der Waals surface area contributed by atoms with Crippen LogP contribution in [0.4, 0.5) is 0 Å². The number of pyridine rings is 1. The number of carbonyl (C=O) groups excluding carboxylic acids is 1. The maximum absolute atomic E-state index is 12.7. The average Bonchev–Trinajstić information content (AvgIpc) is 2.74. The summed E-state index contributed by atoms with van der Waals surface area (Å²) in [5, 5.41) is 0.200. The van der Waals surface area contributed by atoms with E-state index in [0.717, 1.165) is 4.57 Å². The number of benzene rings is 1. The van der Waals surface area contributed by atoms with Crippen LogP contribution in [0.1, 0.15) is 12.6 Å². The molecule has 0 fully saturated rings. The van der Waals surface area contributed by atoms with Gasteiger partial charge in [-0.05, 0) is 32.0 Å². The minimum absolute atomic E-state index is 0.0246. The summed E-state index contributed by atoms with van der Waals surface area (Å²) >= 11 is 12.6. The smallest absolute Gasteiger partial charge is 0.344 e. The molecule has 0 radical (unpaired) electrons. The van der Waals surface area contributed by atoms with Crippen LogP contribution >= 0.6 is 23.2 Å². The molecule has 3 rings (SSSR count). The number of carbonyl (C=O) groups is 1. The molecular formula is C21H19Cl2N3O6. The average molecular weight is 480 g/mol. The Morgan fingerprint density at radius 2 is 1.88 bits per heavy atom. The standard InChI is InChI=1S/C21H19Cl2N3O6/c1-4-30-19(28)11-31-20-16(6-5-7-24-20)32-17-10-15(13(22)9-14(17)23)26-18(27)8-12(2)25(3)21(26)29/h5-10H,4,11H2,1-3H3. The zero-order valence-electron chi connectivity index (χ0n) is 17.4. The highest BCUT2D eigenvalue weighted by atomic mass is 35.5. The van der Waals surface area contributed by atoms with E-state index in [9.17, 15) is 14.4 Å². The summed E-state index contributed by atoms with van der Waals surface area (Å²) in [7, 11) is 1.54. The molecule has 9 nitrogen and oxygen atoms in total. The quantitative estimate of drug-likeness (QED) is 0.479. The van der Waals surface area contributed by atoms with Gasteiger partial charge in [0.2, 0.25) is 0 Å². The molecule has 0 aliphatic rings. The van der Waals surface area contributed by atoms with Crippen molar-refractivity contribution in [2.75, 3.05) is 13.2 Å². The lowest BCUT2D eigenvalue weighted by atomic mass is 10.2. The van der Waals surface area contributed by atoms with Crippen molar-refractivity contribution in [1.29, 1.82) is 0 Å². The van der Waals surface area contributed by atoms with E-state index in [0.29, 0.717) is 5.69 Å². The van der Waals surface area contributed by atoms with E-state index in [1.807, 2.05) is 0 Å². The molecular weight excluding hydrogens is 461 g/mol. The van der Waals surface area contributed by atoms with Gasteiger partial charge in [0.25, 0.3) is 11.4 Å². The summed E-state index contributed by atoms with van der Waals surface area (Å²) in [5.41, 5.74) is -0.545. The van der Waals surface area contributed by atoms with Gasteiger partial charge in [0.15, 0.2) is 12.4 Å². The number of ether oxygens (including phenoxy) is 3. The molecule has 0 spiro atoms. The molecule has 0 atom stereocenters. The summed E-state index contributed by atoms with van der Waals surface area (Å²) in [4.78, 5) is 40.8. The minimum atomic E-state index is -0.579. The van der Waals surface area contributed by atoms with Crippen molar-refractivity contribution in [1.82, 2.24) is 14.1 Å². The van der Waals surface area contributed by atoms with Gasteiger partial charge in [0, 0.05) is 31.1 Å². The number of rotatable bonds is 7. The van der Waals surface area contributed by atoms with Gasteiger partial charge in [-0.2, -0.15) is 0 Å². The molecule has 3 aromatic rings. The first-order valence-corrected chi connectivity index (χ1v) is 10.2. The van der Waals surface area contributed by atoms with Crippen LogP contribution in [-0.4, -0.2) is 33.3 Å². The van der Waals surface area contributed by atoms with E-state index in [2.05, 4.69) is 4.98 Å². The first-order valence-electron chi connectivity index (χ1n) is 9.43. The Labute approximate surface area is 192 Å². The van der Waals surface area contributed by atoms with Gasteiger partial charge in [0.1, 0.15) is 5.75 Å². The third-order valence-corrected chi connectivity index (χ3v) is 4.99. The molecule has 0 N–H and O–H groups in total. The van der Waals surface area contributed by atoms with E-state index in [1.54, 1.807) is 26.0 Å². The van der Waals surface area contributed by atoms with Crippen LogP contribution in [-0.2, 0) is 16.6 Å². The van der Waals surface area contributed by atoms with Crippen LogP contribution in [0.5, 0.6) is 17.4 Å². The van der Waals surface area contributed by atoms with Crippen LogP contribution in [0.15, 0.2) is 46.1 Å². The summed E-state index contributed by atoms with van der Waals surface area (Å²) in [6.45, 7) is 3.18. The molecule has 0 aliphatic heterocycles. The van der Waals surface area contributed by atoms with E-state index in [1.165, 1.54) is 36.0 Å². The predicted molar refractivity (Wildman–Crippen MR) is 118 cm³/mol.